The lowest BCUT2D eigenvalue weighted by molar-refractivity contribution is -0.306. The normalized spacial score (nSPS) is 14.6. The molecule has 1 saturated heterocycles. The lowest BCUT2D eigenvalue weighted by Crippen LogP contribution is -2.51. The Kier molecular flexibility index (Phi) is 3.41. The number of nitrogens with zero attached hydrogens (tertiary/aromatic N) is 1. The highest BCUT2D eigenvalue weighted by atomic mass is 16.4. The van der Waals surface area contributed by atoms with Gasteiger partial charge in [-0.3, -0.25) is 20.2 Å². The average Bonchev–Trinajstić information content (AvgIpc) is 2.80. The number of barbiturate groups is 1. The van der Waals surface area contributed by atoms with Crippen LogP contribution in [0.3, 0.4) is 0 Å². The highest BCUT2D eigenvalue weighted by molar-refractivity contribution is 6.31. The molecule has 0 atom stereocenters. The second-order valence-electron chi connectivity index (χ2n) is 4.90. The van der Waals surface area contributed by atoms with Crippen LogP contribution in [0.1, 0.15) is 5.56 Å². The third-order valence-electron chi connectivity index (χ3n) is 3.36. The molecule has 1 aromatic heterocycles. The number of carboxylic acids is 1. The molecule has 1 aliphatic heterocycles. The minimum atomic E-state index is -1.26. The zero-order valence-electron chi connectivity index (χ0n) is 11.7. The quantitative estimate of drug-likeness (QED) is 0.564. The van der Waals surface area contributed by atoms with Gasteiger partial charge in [-0.05, 0) is 12.1 Å². The van der Waals surface area contributed by atoms with Crippen LogP contribution >= 0.6 is 0 Å². The number of urea groups is 1. The Balaban J connectivity index is 2.11. The van der Waals surface area contributed by atoms with Gasteiger partial charge in [0.25, 0.3) is 11.8 Å². The number of carbonyl (C=O) groups is 4. The molecular weight excluding hydrogens is 302 g/mol. The molecule has 0 aliphatic carbocycles. The number of nitrogens with one attached hydrogen (secondary N) is 2. The van der Waals surface area contributed by atoms with E-state index in [4.69, 9.17) is 0 Å². The van der Waals surface area contributed by atoms with E-state index < -0.39 is 23.8 Å². The summed E-state index contributed by atoms with van der Waals surface area (Å²) in [6, 6.07) is 6.06. The third-order valence-corrected chi connectivity index (χ3v) is 3.36. The van der Waals surface area contributed by atoms with Gasteiger partial charge in [0.05, 0.1) is 12.5 Å². The molecule has 23 heavy (non-hydrogen) atoms. The fourth-order valence-corrected chi connectivity index (χ4v) is 2.42. The Morgan fingerprint density at radius 2 is 1.78 bits per heavy atom. The SMILES string of the molecule is O=C([O-])Cn1cc(C=C2C(=O)NC(=O)NC2=O)c2ccccc21. The minimum Gasteiger partial charge on any atom is -0.548 e. The van der Waals surface area contributed by atoms with Gasteiger partial charge in [0.2, 0.25) is 0 Å². The van der Waals surface area contributed by atoms with E-state index in [0.717, 1.165) is 0 Å². The molecule has 1 fully saturated rings. The molecule has 0 saturated carbocycles. The largest absolute Gasteiger partial charge is 0.548 e. The Morgan fingerprint density at radius 3 is 2.43 bits per heavy atom. The molecule has 0 radical (unpaired) electrons. The molecule has 1 aliphatic rings. The first-order valence-corrected chi connectivity index (χ1v) is 6.62. The fourth-order valence-electron chi connectivity index (χ4n) is 2.42. The summed E-state index contributed by atoms with van der Waals surface area (Å²) >= 11 is 0. The number of hydrogen-bond acceptors (Lipinski definition) is 5. The van der Waals surface area contributed by atoms with E-state index in [9.17, 15) is 24.3 Å². The number of aliphatic carboxylic acids is 1. The number of fused-ring (bicyclic) bond motifs is 1. The molecule has 2 aromatic rings. The Hall–Kier alpha value is -3.42. The van der Waals surface area contributed by atoms with Gasteiger partial charge in [-0.15, -0.1) is 0 Å². The number of carboxylic acid groups (broad SMARTS) is 1. The molecule has 8 heteroatoms. The van der Waals surface area contributed by atoms with Crippen molar-refractivity contribution in [3.63, 3.8) is 0 Å². The number of aromatic nitrogens is 1. The Bertz CT molecular complexity index is 872. The van der Waals surface area contributed by atoms with E-state index in [2.05, 4.69) is 0 Å². The van der Waals surface area contributed by atoms with Crippen molar-refractivity contribution in [3.8, 4) is 0 Å². The smallest absolute Gasteiger partial charge is 0.328 e. The third kappa shape index (κ3) is 2.69. The predicted molar refractivity (Wildman–Crippen MR) is 76.6 cm³/mol. The summed E-state index contributed by atoms with van der Waals surface area (Å²) in [6.45, 7) is -0.361. The van der Waals surface area contributed by atoms with Crippen molar-refractivity contribution in [2.45, 2.75) is 6.54 Å². The monoisotopic (exact) mass is 312 g/mol. The lowest BCUT2D eigenvalue weighted by atomic mass is 10.1. The van der Waals surface area contributed by atoms with E-state index in [1.807, 2.05) is 10.6 Å². The number of benzene rings is 1. The van der Waals surface area contributed by atoms with Gasteiger partial charge < -0.3 is 14.5 Å². The van der Waals surface area contributed by atoms with Gasteiger partial charge >= 0.3 is 6.03 Å². The second-order valence-corrected chi connectivity index (χ2v) is 4.90. The summed E-state index contributed by atoms with van der Waals surface area (Å²) < 4.78 is 1.45. The molecule has 2 heterocycles. The molecule has 0 unspecified atom stereocenters. The van der Waals surface area contributed by atoms with Crippen LogP contribution in [0, 0.1) is 0 Å². The van der Waals surface area contributed by atoms with Crippen LogP contribution in [0.25, 0.3) is 17.0 Å². The van der Waals surface area contributed by atoms with E-state index in [-0.39, 0.29) is 12.1 Å². The minimum absolute atomic E-state index is 0.235. The summed E-state index contributed by atoms with van der Waals surface area (Å²) in [7, 11) is 0. The first-order chi connectivity index (χ1) is 11.0. The van der Waals surface area contributed by atoms with Crippen molar-refractivity contribution in [1.82, 2.24) is 15.2 Å². The van der Waals surface area contributed by atoms with Crippen LogP contribution in [0.4, 0.5) is 4.79 Å². The number of para-hydroxylation sites is 1. The predicted octanol–water partition coefficient (Wildman–Crippen LogP) is -0.859. The van der Waals surface area contributed by atoms with Crippen LogP contribution in [-0.2, 0) is 20.9 Å². The molecule has 1 aromatic carbocycles. The van der Waals surface area contributed by atoms with Crippen LogP contribution in [0.5, 0.6) is 0 Å². The van der Waals surface area contributed by atoms with E-state index >= 15 is 0 Å². The number of amides is 4. The molecule has 4 amide bonds. The maximum atomic E-state index is 11.8. The van der Waals surface area contributed by atoms with Crippen molar-refractivity contribution in [2.75, 3.05) is 0 Å². The fraction of sp³-hybridized carbons (Fsp3) is 0.0667. The number of rotatable bonds is 3. The molecule has 3 rings (SSSR count). The zero-order chi connectivity index (χ0) is 16.6. The molecule has 0 spiro atoms. The maximum Gasteiger partial charge on any atom is 0.328 e. The van der Waals surface area contributed by atoms with E-state index in [1.54, 1.807) is 24.3 Å². The molecule has 0 bridgehead atoms. The van der Waals surface area contributed by atoms with Gasteiger partial charge in [0.15, 0.2) is 0 Å². The van der Waals surface area contributed by atoms with Crippen LogP contribution in [-0.4, -0.2) is 28.4 Å². The summed E-state index contributed by atoms with van der Waals surface area (Å²) in [4.78, 5) is 45.4. The molecule has 116 valence electrons. The van der Waals surface area contributed by atoms with Crippen LogP contribution in [0.2, 0.25) is 0 Å². The number of carbonyl (C=O) groups excluding carboxylic acids is 4. The summed E-state index contributed by atoms with van der Waals surface area (Å²) in [6.07, 6.45) is 2.82. The molecular formula is C15H10N3O5-. The van der Waals surface area contributed by atoms with Gasteiger partial charge in [-0.2, -0.15) is 0 Å². The van der Waals surface area contributed by atoms with Crippen molar-refractivity contribution in [2.24, 2.45) is 0 Å². The highest BCUT2D eigenvalue weighted by Crippen LogP contribution is 2.24. The van der Waals surface area contributed by atoms with Crippen molar-refractivity contribution in [3.05, 3.63) is 41.6 Å². The van der Waals surface area contributed by atoms with Gasteiger partial charge in [-0.1, -0.05) is 18.2 Å². The lowest BCUT2D eigenvalue weighted by Gasteiger charge is -2.13. The second kappa shape index (κ2) is 5.41. The van der Waals surface area contributed by atoms with Gasteiger partial charge in [-0.25, -0.2) is 4.79 Å². The average molecular weight is 312 g/mol. The molecule has 2 N–H and O–H groups in total. The van der Waals surface area contributed by atoms with E-state index in [1.165, 1.54) is 16.8 Å². The standard InChI is InChI=1S/C15H11N3O5/c19-12(20)7-18-6-8(9-3-1-2-4-11(9)18)5-10-13(21)16-15(23)17-14(10)22/h1-6H,7H2,(H,19,20)(H2,16,17,21,22,23)/p-1. The first-order valence-electron chi connectivity index (χ1n) is 6.62. The van der Waals surface area contributed by atoms with Gasteiger partial charge in [0.1, 0.15) is 5.57 Å². The number of imide groups is 2. The van der Waals surface area contributed by atoms with Gasteiger partial charge in [0, 0.05) is 22.7 Å². The van der Waals surface area contributed by atoms with Crippen molar-refractivity contribution >= 4 is 40.8 Å². The van der Waals surface area contributed by atoms with Crippen molar-refractivity contribution in [1.29, 1.82) is 0 Å². The first kappa shape index (κ1) is 14.5. The summed E-state index contributed by atoms with van der Waals surface area (Å²) in [5.41, 5.74) is 0.869. The summed E-state index contributed by atoms with van der Waals surface area (Å²) in [5.74, 6) is -2.88. The van der Waals surface area contributed by atoms with E-state index in [0.29, 0.717) is 16.5 Å². The topological polar surface area (TPSA) is 120 Å². The number of hydrogen-bond donors (Lipinski definition) is 2. The zero-order valence-corrected chi connectivity index (χ0v) is 11.7. The summed E-state index contributed by atoms with van der Waals surface area (Å²) in [5, 5.41) is 15.5. The van der Waals surface area contributed by atoms with Crippen LogP contribution in [0.15, 0.2) is 36.0 Å². The Morgan fingerprint density at radius 1 is 1.13 bits per heavy atom. The van der Waals surface area contributed by atoms with Crippen LogP contribution < -0.4 is 15.7 Å². The maximum absolute atomic E-state index is 11.8. The van der Waals surface area contributed by atoms with Crippen molar-refractivity contribution < 1.29 is 24.3 Å². The Labute approximate surface area is 129 Å². The highest BCUT2D eigenvalue weighted by Gasteiger charge is 2.28. The molecule has 8 nitrogen and oxygen atoms in total.